The third-order valence-corrected chi connectivity index (χ3v) is 8.04. The van der Waals surface area contributed by atoms with Gasteiger partial charge in [-0.1, -0.05) is 53.9 Å². The molecule has 166 valence electrons. The van der Waals surface area contributed by atoms with Crippen molar-refractivity contribution in [3.63, 3.8) is 0 Å². The van der Waals surface area contributed by atoms with E-state index in [1.807, 2.05) is 11.1 Å². The highest BCUT2D eigenvalue weighted by Crippen LogP contribution is 2.40. The van der Waals surface area contributed by atoms with Crippen LogP contribution >= 0.6 is 45.8 Å². The number of hydrazone groups is 1. The minimum Gasteiger partial charge on any atom is -0.347 e. The minimum absolute atomic E-state index is 0.0645. The molecule has 1 saturated carbocycles. The monoisotopic (exact) mass is 579 g/mol. The molecule has 2 aliphatic carbocycles. The van der Waals surface area contributed by atoms with Crippen LogP contribution in [0.3, 0.4) is 0 Å². The van der Waals surface area contributed by atoms with Gasteiger partial charge in [0.1, 0.15) is 5.71 Å². The summed E-state index contributed by atoms with van der Waals surface area (Å²) in [5.74, 6) is 0.895. The highest BCUT2D eigenvalue weighted by Gasteiger charge is 2.38. The van der Waals surface area contributed by atoms with Crippen molar-refractivity contribution in [2.24, 2.45) is 16.9 Å². The SMILES string of the molecule is O=C(NC1C2C=CCC1CCC2)C1=NN(c2ccc(Cl)cc2Cl)C(c2ccc(I)cc2)C1. The number of benzene rings is 2. The smallest absolute Gasteiger partial charge is 0.267 e. The molecule has 1 heterocycles. The fourth-order valence-electron chi connectivity index (χ4n) is 5.17. The van der Waals surface area contributed by atoms with Crippen LogP contribution in [0.15, 0.2) is 59.7 Å². The fraction of sp³-hybridized carbons (Fsp3) is 0.360. The summed E-state index contributed by atoms with van der Waals surface area (Å²) in [7, 11) is 0. The van der Waals surface area contributed by atoms with Crippen molar-refractivity contribution >= 4 is 63.1 Å². The van der Waals surface area contributed by atoms with Gasteiger partial charge in [-0.25, -0.2) is 0 Å². The Bertz CT molecular complexity index is 1090. The molecule has 32 heavy (non-hydrogen) atoms. The first-order valence-corrected chi connectivity index (χ1v) is 12.9. The predicted octanol–water partition coefficient (Wildman–Crippen LogP) is 6.77. The van der Waals surface area contributed by atoms with Gasteiger partial charge >= 0.3 is 0 Å². The van der Waals surface area contributed by atoms with Crippen LogP contribution in [-0.4, -0.2) is 17.7 Å². The maximum atomic E-state index is 13.3. The molecule has 1 aliphatic heterocycles. The van der Waals surface area contributed by atoms with E-state index in [2.05, 4.69) is 64.3 Å². The lowest BCUT2D eigenvalue weighted by atomic mass is 9.72. The maximum absolute atomic E-state index is 13.3. The zero-order valence-corrected chi connectivity index (χ0v) is 21.1. The molecule has 0 aromatic heterocycles. The van der Waals surface area contributed by atoms with Crippen LogP contribution in [0.4, 0.5) is 5.69 Å². The van der Waals surface area contributed by atoms with Gasteiger partial charge in [-0.2, -0.15) is 5.10 Å². The summed E-state index contributed by atoms with van der Waals surface area (Å²) in [6.45, 7) is 0. The molecule has 7 heteroatoms. The molecule has 5 rings (SSSR count). The fourth-order valence-corrected chi connectivity index (χ4v) is 6.03. The first kappa shape index (κ1) is 22.2. The molecular formula is C25H24Cl2IN3O. The standard InChI is InChI=1S/C25H24Cl2IN3O/c26-18-9-12-22(20(27)13-18)31-23(15-7-10-19(28)11-8-15)14-21(30-31)25(32)29-24-16-3-1-4-17(24)6-2-5-16/h1,3,7-13,16-17,23-24H,2,4-6,14H2,(H,29,32). The van der Waals surface area contributed by atoms with E-state index in [0.717, 1.165) is 27.7 Å². The van der Waals surface area contributed by atoms with Crippen LogP contribution in [0.5, 0.6) is 0 Å². The number of amides is 1. The summed E-state index contributed by atoms with van der Waals surface area (Å²) in [4.78, 5) is 13.3. The minimum atomic E-state index is -0.0998. The predicted molar refractivity (Wildman–Crippen MR) is 139 cm³/mol. The number of allylic oxidation sites excluding steroid dienone is 1. The van der Waals surface area contributed by atoms with Crippen molar-refractivity contribution < 1.29 is 4.79 Å². The average Bonchev–Trinajstić information content (AvgIpc) is 3.19. The first-order valence-electron chi connectivity index (χ1n) is 11.0. The number of nitrogens with one attached hydrogen (secondary N) is 1. The Morgan fingerprint density at radius 1 is 1.12 bits per heavy atom. The molecule has 4 nitrogen and oxygen atoms in total. The number of hydrogen-bond donors (Lipinski definition) is 1. The average molecular weight is 580 g/mol. The third kappa shape index (κ3) is 4.44. The quantitative estimate of drug-likeness (QED) is 0.321. The molecule has 4 unspecified atom stereocenters. The third-order valence-electron chi connectivity index (χ3n) is 6.79. The van der Waals surface area contributed by atoms with Crippen LogP contribution in [0.25, 0.3) is 0 Å². The Labute approximate surface area is 212 Å². The van der Waals surface area contributed by atoms with Gasteiger partial charge in [0.15, 0.2) is 0 Å². The number of hydrogen-bond acceptors (Lipinski definition) is 3. The van der Waals surface area contributed by atoms with E-state index in [0.29, 0.717) is 34.0 Å². The first-order chi connectivity index (χ1) is 15.5. The summed E-state index contributed by atoms with van der Waals surface area (Å²) >= 11 is 14.9. The second kappa shape index (κ2) is 9.35. The molecule has 3 aliphatic rings. The maximum Gasteiger partial charge on any atom is 0.267 e. The number of rotatable bonds is 4. The molecule has 4 atom stereocenters. The lowest BCUT2D eigenvalue weighted by molar-refractivity contribution is -0.116. The molecule has 0 radical (unpaired) electrons. The molecule has 2 bridgehead atoms. The number of carbonyl (C=O) groups is 1. The van der Waals surface area contributed by atoms with Crippen molar-refractivity contribution in [3.8, 4) is 0 Å². The van der Waals surface area contributed by atoms with Crippen molar-refractivity contribution in [1.29, 1.82) is 0 Å². The van der Waals surface area contributed by atoms with Crippen LogP contribution in [0.2, 0.25) is 10.0 Å². The van der Waals surface area contributed by atoms with E-state index < -0.39 is 0 Å². The molecule has 1 amide bonds. The van der Waals surface area contributed by atoms with Crippen LogP contribution in [0.1, 0.15) is 43.7 Å². The largest absolute Gasteiger partial charge is 0.347 e. The number of carbonyl (C=O) groups excluding carboxylic acids is 1. The zero-order valence-electron chi connectivity index (χ0n) is 17.5. The second-order valence-corrected chi connectivity index (χ2v) is 10.9. The summed E-state index contributed by atoms with van der Waals surface area (Å²) in [6, 6.07) is 13.8. The van der Waals surface area contributed by atoms with Crippen molar-refractivity contribution in [3.05, 3.63) is 73.8 Å². The van der Waals surface area contributed by atoms with Crippen LogP contribution in [0, 0.1) is 15.4 Å². The van der Waals surface area contributed by atoms with Crippen LogP contribution in [-0.2, 0) is 4.79 Å². The van der Waals surface area contributed by atoms with Gasteiger partial charge in [0, 0.05) is 21.1 Å². The summed E-state index contributed by atoms with van der Waals surface area (Å²) < 4.78 is 1.16. The number of halogens is 3. The van der Waals surface area contributed by atoms with Gasteiger partial charge < -0.3 is 5.32 Å². The zero-order chi connectivity index (χ0) is 22.2. The normalized spacial score (nSPS) is 26.7. The second-order valence-electron chi connectivity index (χ2n) is 8.78. The number of nitrogens with zero attached hydrogens (tertiary/aromatic N) is 2. The van der Waals surface area contributed by atoms with Crippen molar-refractivity contribution in [2.75, 3.05) is 5.01 Å². The molecule has 2 aromatic rings. The summed E-state index contributed by atoms with van der Waals surface area (Å²) in [6.07, 6.45) is 9.70. The Kier molecular flexibility index (Phi) is 6.50. The van der Waals surface area contributed by atoms with E-state index in [9.17, 15) is 4.79 Å². The van der Waals surface area contributed by atoms with Gasteiger partial charge in [0.05, 0.1) is 16.8 Å². The highest BCUT2D eigenvalue weighted by molar-refractivity contribution is 14.1. The summed E-state index contributed by atoms with van der Waals surface area (Å²) in [5.41, 5.74) is 2.40. The Morgan fingerprint density at radius 3 is 2.69 bits per heavy atom. The summed E-state index contributed by atoms with van der Waals surface area (Å²) in [5, 5.41) is 11.1. The number of anilines is 1. The Morgan fingerprint density at radius 2 is 1.94 bits per heavy atom. The Balaban J connectivity index is 1.44. The van der Waals surface area contributed by atoms with Crippen LogP contribution < -0.4 is 10.3 Å². The van der Waals surface area contributed by atoms with E-state index in [1.165, 1.54) is 12.8 Å². The molecule has 1 fully saturated rings. The van der Waals surface area contributed by atoms with E-state index in [1.54, 1.807) is 12.1 Å². The van der Waals surface area contributed by atoms with Gasteiger partial charge in [0.25, 0.3) is 5.91 Å². The Hall–Kier alpha value is -1.57. The van der Waals surface area contributed by atoms with E-state index >= 15 is 0 Å². The molecular weight excluding hydrogens is 556 g/mol. The van der Waals surface area contributed by atoms with Crippen molar-refractivity contribution in [1.82, 2.24) is 5.32 Å². The van der Waals surface area contributed by atoms with E-state index in [4.69, 9.17) is 28.3 Å². The van der Waals surface area contributed by atoms with Gasteiger partial charge in [-0.05, 0) is 89.6 Å². The van der Waals surface area contributed by atoms with Gasteiger partial charge in [-0.3, -0.25) is 9.80 Å². The highest BCUT2D eigenvalue weighted by atomic mass is 127. The molecule has 1 N–H and O–H groups in total. The lowest BCUT2D eigenvalue weighted by Gasteiger charge is -2.39. The lowest BCUT2D eigenvalue weighted by Crippen LogP contribution is -2.50. The topological polar surface area (TPSA) is 44.7 Å². The van der Waals surface area contributed by atoms with Gasteiger partial charge in [0.2, 0.25) is 0 Å². The molecule has 0 saturated heterocycles. The number of fused-ring (bicyclic) bond motifs is 2. The molecule has 2 aromatic carbocycles. The van der Waals surface area contributed by atoms with Gasteiger partial charge in [-0.15, -0.1) is 0 Å². The van der Waals surface area contributed by atoms with E-state index in [-0.39, 0.29) is 18.0 Å². The molecule has 0 spiro atoms. The van der Waals surface area contributed by atoms with Crippen molar-refractivity contribution in [2.45, 2.75) is 44.2 Å².